The molecule has 0 unspecified atom stereocenters. The van der Waals surface area contributed by atoms with E-state index in [4.69, 9.17) is 14.6 Å². The highest BCUT2D eigenvalue weighted by atomic mass is 32.2. The fourth-order valence-corrected chi connectivity index (χ4v) is 2.83. The van der Waals surface area contributed by atoms with Gasteiger partial charge in [0.15, 0.2) is 0 Å². The van der Waals surface area contributed by atoms with Gasteiger partial charge in [-0.2, -0.15) is 4.31 Å². The molecule has 0 atom stereocenters. The Kier molecular flexibility index (Phi) is 6.13. The van der Waals surface area contributed by atoms with Crippen molar-refractivity contribution >= 4 is 16.0 Å². The van der Waals surface area contributed by atoms with Gasteiger partial charge in [0.2, 0.25) is 10.0 Å². The van der Waals surface area contributed by atoms with E-state index in [0.29, 0.717) is 6.61 Å². The average molecular weight is 317 g/mol. The van der Waals surface area contributed by atoms with Crippen molar-refractivity contribution < 1.29 is 27.8 Å². The van der Waals surface area contributed by atoms with Gasteiger partial charge in [-0.1, -0.05) is 0 Å². The summed E-state index contributed by atoms with van der Waals surface area (Å²) >= 11 is 0. The molecule has 0 aliphatic rings. The SMILES string of the molecule is CCOCCN(C)S(=O)(=O)c1ccc(OC)c(C(=O)O)c1. The van der Waals surface area contributed by atoms with E-state index in [1.165, 1.54) is 26.3 Å². The molecular weight excluding hydrogens is 298 g/mol. The number of methoxy groups -OCH3 is 1. The van der Waals surface area contributed by atoms with Crippen LogP contribution in [0.3, 0.4) is 0 Å². The number of nitrogens with zero attached hydrogens (tertiary/aromatic N) is 1. The maximum atomic E-state index is 12.3. The molecule has 118 valence electrons. The summed E-state index contributed by atoms with van der Waals surface area (Å²) in [5.41, 5.74) is -0.197. The Balaban J connectivity index is 3.08. The monoisotopic (exact) mass is 317 g/mol. The molecule has 0 spiro atoms. The Morgan fingerprint density at radius 1 is 1.38 bits per heavy atom. The molecule has 0 heterocycles. The highest BCUT2D eigenvalue weighted by Gasteiger charge is 2.23. The highest BCUT2D eigenvalue weighted by molar-refractivity contribution is 7.89. The zero-order valence-corrected chi connectivity index (χ0v) is 13.0. The number of ether oxygens (including phenoxy) is 2. The molecule has 0 saturated heterocycles. The van der Waals surface area contributed by atoms with Crippen LogP contribution >= 0.6 is 0 Å². The summed E-state index contributed by atoms with van der Waals surface area (Å²) in [6.07, 6.45) is 0. The van der Waals surface area contributed by atoms with Gasteiger partial charge in [0.25, 0.3) is 0 Å². The third-order valence-electron chi connectivity index (χ3n) is 2.86. The molecule has 8 heteroatoms. The van der Waals surface area contributed by atoms with Crippen molar-refractivity contribution in [1.82, 2.24) is 4.31 Å². The second-order valence-electron chi connectivity index (χ2n) is 4.19. The number of rotatable bonds is 8. The van der Waals surface area contributed by atoms with Crippen LogP contribution in [0.1, 0.15) is 17.3 Å². The minimum atomic E-state index is -3.77. The summed E-state index contributed by atoms with van der Waals surface area (Å²) < 4.78 is 35.8. The molecule has 0 aromatic heterocycles. The van der Waals surface area contributed by atoms with E-state index in [2.05, 4.69) is 0 Å². The number of hydrogen-bond donors (Lipinski definition) is 1. The van der Waals surface area contributed by atoms with Crippen LogP contribution in [0, 0.1) is 0 Å². The molecule has 0 saturated carbocycles. The van der Waals surface area contributed by atoms with Gasteiger partial charge in [-0.25, -0.2) is 13.2 Å². The van der Waals surface area contributed by atoms with Crippen LogP contribution in [0.15, 0.2) is 23.1 Å². The summed E-state index contributed by atoms with van der Waals surface area (Å²) in [5, 5.41) is 9.09. The molecule has 0 fully saturated rings. The van der Waals surface area contributed by atoms with Crippen LogP contribution in [0.25, 0.3) is 0 Å². The van der Waals surface area contributed by atoms with Crippen LogP contribution in [-0.4, -0.2) is 57.7 Å². The summed E-state index contributed by atoms with van der Waals surface area (Å²) in [4.78, 5) is 11.0. The first-order valence-electron chi connectivity index (χ1n) is 6.30. The fourth-order valence-electron chi connectivity index (χ4n) is 1.65. The van der Waals surface area contributed by atoms with Crippen LogP contribution in [-0.2, 0) is 14.8 Å². The van der Waals surface area contributed by atoms with Gasteiger partial charge in [-0.15, -0.1) is 0 Å². The minimum absolute atomic E-state index is 0.0975. The fraction of sp³-hybridized carbons (Fsp3) is 0.462. The number of carboxylic acid groups (broad SMARTS) is 1. The van der Waals surface area contributed by atoms with Gasteiger partial charge in [0, 0.05) is 20.2 Å². The molecule has 0 aliphatic heterocycles. The largest absolute Gasteiger partial charge is 0.496 e. The zero-order chi connectivity index (χ0) is 16.0. The molecule has 0 radical (unpaired) electrons. The molecule has 0 amide bonds. The van der Waals surface area contributed by atoms with Crippen LogP contribution in [0.5, 0.6) is 5.75 Å². The molecule has 0 aliphatic carbocycles. The summed E-state index contributed by atoms with van der Waals surface area (Å²) in [7, 11) is -1.03. The second kappa shape index (κ2) is 7.39. The van der Waals surface area contributed by atoms with E-state index in [-0.39, 0.29) is 29.4 Å². The Hall–Kier alpha value is -1.64. The number of carbonyl (C=O) groups is 1. The normalized spacial score (nSPS) is 11.6. The lowest BCUT2D eigenvalue weighted by molar-refractivity contribution is 0.0693. The average Bonchev–Trinajstić information content (AvgIpc) is 2.46. The van der Waals surface area contributed by atoms with Gasteiger partial charge in [-0.3, -0.25) is 0 Å². The summed E-state index contributed by atoms with van der Waals surface area (Å²) in [6, 6.07) is 3.73. The predicted octanol–water partition coefficient (Wildman–Crippen LogP) is 1.05. The van der Waals surface area contributed by atoms with Crippen molar-refractivity contribution in [2.45, 2.75) is 11.8 Å². The van der Waals surface area contributed by atoms with Gasteiger partial charge in [-0.05, 0) is 25.1 Å². The van der Waals surface area contributed by atoms with Crippen molar-refractivity contribution in [3.63, 3.8) is 0 Å². The molecular formula is C13H19NO6S. The van der Waals surface area contributed by atoms with Crippen molar-refractivity contribution in [2.75, 3.05) is 33.9 Å². The van der Waals surface area contributed by atoms with E-state index in [9.17, 15) is 13.2 Å². The Bertz CT molecular complexity index is 599. The van der Waals surface area contributed by atoms with E-state index >= 15 is 0 Å². The number of carboxylic acids is 1. The lowest BCUT2D eigenvalue weighted by atomic mass is 10.2. The minimum Gasteiger partial charge on any atom is -0.496 e. The van der Waals surface area contributed by atoms with Crippen molar-refractivity contribution in [3.05, 3.63) is 23.8 Å². The van der Waals surface area contributed by atoms with E-state index < -0.39 is 16.0 Å². The van der Waals surface area contributed by atoms with Gasteiger partial charge < -0.3 is 14.6 Å². The summed E-state index contributed by atoms with van der Waals surface area (Å²) in [6.45, 7) is 2.77. The maximum Gasteiger partial charge on any atom is 0.339 e. The number of hydrogen-bond acceptors (Lipinski definition) is 5. The van der Waals surface area contributed by atoms with Crippen molar-refractivity contribution in [2.24, 2.45) is 0 Å². The highest BCUT2D eigenvalue weighted by Crippen LogP contribution is 2.24. The topological polar surface area (TPSA) is 93.1 Å². The van der Waals surface area contributed by atoms with E-state index in [0.717, 1.165) is 10.4 Å². The maximum absolute atomic E-state index is 12.3. The zero-order valence-electron chi connectivity index (χ0n) is 12.2. The van der Waals surface area contributed by atoms with E-state index in [1.54, 1.807) is 0 Å². The van der Waals surface area contributed by atoms with Gasteiger partial charge in [0.1, 0.15) is 11.3 Å². The number of benzene rings is 1. The molecule has 0 bridgehead atoms. The first-order chi connectivity index (χ1) is 9.84. The smallest absolute Gasteiger partial charge is 0.339 e. The first-order valence-corrected chi connectivity index (χ1v) is 7.74. The molecule has 1 N–H and O–H groups in total. The Labute approximate surface area is 124 Å². The molecule has 1 aromatic carbocycles. The number of likely N-dealkylation sites (N-methyl/N-ethyl adjacent to an activating group) is 1. The molecule has 7 nitrogen and oxygen atoms in total. The van der Waals surface area contributed by atoms with Crippen LogP contribution in [0.2, 0.25) is 0 Å². The van der Waals surface area contributed by atoms with Gasteiger partial charge >= 0.3 is 5.97 Å². The third kappa shape index (κ3) is 4.16. The van der Waals surface area contributed by atoms with Gasteiger partial charge in [0.05, 0.1) is 18.6 Å². The summed E-state index contributed by atoms with van der Waals surface area (Å²) in [5.74, 6) is -1.14. The number of aromatic carboxylic acids is 1. The first kappa shape index (κ1) is 17.4. The molecule has 21 heavy (non-hydrogen) atoms. The lowest BCUT2D eigenvalue weighted by Gasteiger charge is -2.17. The third-order valence-corrected chi connectivity index (χ3v) is 4.72. The standard InChI is InChI=1S/C13H19NO6S/c1-4-20-8-7-14(2)21(17,18)10-5-6-12(19-3)11(9-10)13(15)16/h5-6,9H,4,7-8H2,1-3H3,(H,15,16). The lowest BCUT2D eigenvalue weighted by Crippen LogP contribution is -2.30. The Morgan fingerprint density at radius 2 is 2.05 bits per heavy atom. The second-order valence-corrected chi connectivity index (χ2v) is 6.24. The van der Waals surface area contributed by atoms with E-state index in [1.807, 2.05) is 6.92 Å². The predicted molar refractivity (Wildman–Crippen MR) is 76.3 cm³/mol. The quantitative estimate of drug-likeness (QED) is 0.720. The van der Waals surface area contributed by atoms with Crippen molar-refractivity contribution in [3.8, 4) is 5.75 Å². The van der Waals surface area contributed by atoms with Crippen LogP contribution < -0.4 is 4.74 Å². The molecule has 1 rings (SSSR count). The molecule has 1 aromatic rings. The van der Waals surface area contributed by atoms with Crippen LogP contribution in [0.4, 0.5) is 0 Å². The Morgan fingerprint density at radius 3 is 2.57 bits per heavy atom. The van der Waals surface area contributed by atoms with Crippen molar-refractivity contribution in [1.29, 1.82) is 0 Å². The number of sulfonamides is 1.